The predicted molar refractivity (Wildman–Crippen MR) is 120 cm³/mol. The van der Waals surface area contributed by atoms with Crippen LogP contribution in [0.2, 0.25) is 0 Å². The Morgan fingerprint density at radius 3 is 2.53 bits per heavy atom. The predicted octanol–water partition coefficient (Wildman–Crippen LogP) is 3.66. The number of fused-ring (bicyclic) bond motifs is 7. The molecule has 3 saturated carbocycles. The molecule has 0 amide bonds. The quantitative estimate of drug-likeness (QED) is 0.495. The van der Waals surface area contributed by atoms with Crippen LogP contribution in [0.3, 0.4) is 0 Å². The Morgan fingerprint density at radius 2 is 1.78 bits per heavy atom. The minimum Gasteiger partial charge on any atom is -0.393 e. The van der Waals surface area contributed by atoms with Gasteiger partial charge in [-0.15, -0.1) is 0 Å². The molecule has 13 atom stereocenters. The summed E-state index contributed by atoms with van der Waals surface area (Å²) >= 11 is 0. The first-order valence-corrected chi connectivity index (χ1v) is 13.1. The SMILES string of the molecule is C[C@H]1CO[C@]2(C[C@@H]1O)O[C@H]1C[C@@H]3[C@@H]4CC=C5C[C@@H](O)[C@H](O)C[C@]5(C)[C@@H]4CC[C@]3(C)[C@H]1[C@@H]2C. The molecular weight excluding hydrogens is 404 g/mol. The summed E-state index contributed by atoms with van der Waals surface area (Å²) < 4.78 is 13.1. The van der Waals surface area contributed by atoms with Crippen LogP contribution in [-0.4, -0.2) is 52.1 Å². The summed E-state index contributed by atoms with van der Waals surface area (Å²) in [4.78, 5) is 0. The molecule has 2 heterocycles. The Bertz CT molecular complexity index is 812. The maximum absolute atomic E-state index is 10.6. The van der Waals surface area contributed by atoms with Crippen molar-refractivity contribution in [3.05, 3.63) is 11.6 Å². The minimum absolute atomic E-state index is 0.0149. The lowest BCUT2D eigenvalue weighted by atomic mass is 9.46. The van der Waals surface area contributed by atoms with E-state index >= 15 is 0 Å². The Balaban J connectivity index is 1.28. The van der Waals surface area contributed by atoms with Crippen LogP contribution in [-0.2, 0) is 9.47 Å². The first-order chi connectivity index (χ1) is 15.1. The summed E-state index contributed by atoms with van der Waals surface area (Å²) in [5, 5.41) is 31.4. The summed E-state index contributed by atoms with van der Waals surface area (Å²) in [5.41, 5.74) is 1.64. The number of ether oxygens (including phenoxy) is 2. The molecule has 2 aliphatic heterocycles. The second kappa shape index (κ2) is 7.04. The minimum atomic E-state index is -0.610. The molecule has 2 saturated heterocycles. The molecule has 0 aromatic carbocycles. The molecule has 5 nitrogen and oxygen atoms in total. The van der Waals surface area contributed by atoms with Gasteiger partial charge in [-0.05, 0) is 73.0 Å². The van der Waals surface area contributed by atoms with E-state index < -0.39 is 18.0 Å². The van der Waals surface area contributed by atoms with Crippen LogP contribution in [0.5, 0.6) is 0 Å². The summed E-state index contributed by atoms with van der Waals surface area (Å²) in [6.45, 7) is 9.82. The fraction of sp³-hybridized carbons (Fsp3) is 0.926. The van der Waals surface area contributed by atoms with Gasteiger partial charge >= 0.3 is 0 Å². The topological polar surface area (TPSA) is 79.2 Å². The van der Waals surface area contributed by atoms with E-state index in [0.29, 0.717) is 49.5 Å². The maximum Gasteiger partial charge on any atom is 0.174 e. The summed E-state index contributed by atoms with van der Waals surface area (Å²) in [6.07, 6.45) is 7.59. The van der Waals surface area contributed by atoms with Crippen molar-refractivity contribution in [2.24, 2.45) is 46.3 Å². The zero-order valence-electron chi connectivity index (χ0n) is 20.2. The third-order valence-electron chi connectivity index (χ3n) is 11.5. The average Bonchev–Trinajstić information content (AvgIpc) is 3.17. The molecule has 180 valence electrons. The zero-order valence-corrected chi connectivity index (χ0v) is 20.2. The van der Waals surface area contributed by atoms with Crippen molar-refractivity contribution in [2.45, 2.75) is 103 Å². The fourth-order valence-corrected chi connectivity index (χ4v) is 9.70. The second-order valence-electron chi connectivity index (χ2n) is 12.9. The van der Waals surface area contributed by atoms with Gasteiger partial charge in [-0.2, -0.15) is 0 Å². The van der Waals surface area contributed by atoms with Gasteiger partial charge in [0.2, 0.25) is 0 Å². The van der Waals surface area contributed by atoms with Crippen molar-refractivity contribution in [1.82, 2.24) is 0 Å². The smallest absolute Gasteiger partial charge is 0.174 e. The average molecular weight is 447 g/mol. The third-order valence-corrected chi connectivity index (χ3v) is 11.5. The molecule has 5 heteroatoms. The Labute approximate surface area is 192 Å². The Morgan fingerprint density at radius 1 is 1.00 bits per heavy atom. The molecule has 4 aliphatic carbocycles. The van der Waals surface area contributed by atoms with Crippen LogP contribution >= 0.6 is 0 Å². The third kappa shape index (κ3) is 2.75. The monoisotopic (exact) mass is 446 g/mol. The van der Waals surface area contributed by atoms with E-state index in [4.69, 9.17) is 9.47 Å². The highest BCUT2D eigenvalue weighted by atomic mass is 16.7. The highest BCUT2D eigenvalue weighted by Crippen LogP contribution is 2.70. The Hall–Kier alpha value is -0.460. The standard InChI is InChI=1S/C27H42O5/c1-14-13-31-27(12-21(14)29)15(2)24-23(32-27)10-19-17-6-5-16-9-20(28)22(30)11-26(16,4)18(17)7-8-25(19,24)3/h5,14-15,17-24,28-30H,6-13H2,1-4H3/t14-,15-,17+,18+,19+,20+,21-,22+,23-,24-,25-,26-,27+/m0/s1. The van der Waals surface area contributed by atoms with E-state index in [2.05, 4.69) is 33.8 Å². The van der Waals surface area contributed by atoms with Crippen molar-refractivity contribution in [3.8, 4) is 0 Å². The van der Waals surface area contributed by atoms with Crippen molar-refractivity contribution < 1.29 is 24.8 Å². The molecule has 0 aromatic heterocycles. The van der Waals surface area contributed by atoms with E-state index in [-0.39, 0.29) is 34.9 Å². The van der Waals surface area contributed by atoms with Gasteiger partial charge in [-0.25, -0.2) is 0 Å². The molecule has 6 aliphatic rings. The molecule has 0 radical (unpaired) electrons. The molecule has 6 rings (SSSR count). The van der Waals surface area contributed by atoms with Crippen molar-refractivity contribution in [3.63, 3.8) is 0 Å². The molecule has 0 aromatic rings. The number of aliphatic hydroxyl groups is 3. The van der Waals surface area contributed by atoms with Crippen molar-refractivity contribution >= 4 is 0 Å². The lowest BCUT2D eigenvalue weighted by Gasteiger charge is -2.59. The van der Waals surface area contributed by atoms with Gasteiger partial charge < -0.3 is 24.8 Å². The molecular formula is C27H42O5. The number of allylic oxidation sites excluding steroid dienone is 1. The molecule has 1 spiro atoms. The highest BCUT2D eigenvalue weighted by Gasteiger charge is 2.69. The Kier molecular flexibility index (Phi) is 4.84. The first kappa shape index (κ1) is 22.0. The number of aliphatic hydroxyl groups excluding tert-OH is 3. The summed E-state index contributed by atoms with van der Waals surface area (Å²) in [6, 6.07) is 0. The lowest BCUT2D eigenvalue weighted by Crippen LogP contribution is -2.55. The zero-order chi connectivity index (χ0) is 22.6. The first-order valence-electron chi connectivity index (χ1n) is 13.1. The van der Waals surface area contributed by atoms with E-state index in [0.717, 1.165) is 12.8 Å². The van der Waals surface area contributed by atoms with Gasteiger partial charge in [-0.3, -0.25) is 0 Å². The van der Waals surface area contributed by atoms with Gasteiger partial charge in [-0.1, -0.05) is 39.3 Å². The van der Waals surface area contributed by atoms with Crippen LogP contribution in [0.4, 0.5) is 0 Å². The second-order valence-corrected chi connectivity index (χ2v) is 12.9. The normalized spacial score (nSPS) is 61.5. The molecule has 0 bridgehead atoms. The molecule has 0 unspecified atom stereocenters. The van der Waals surface area contributed by atoms with E-state index in [1.807, 2.05) is 0 Å². The van der Waals surface area contributed by atoms with Gasteiger partial charge in [0.15, 0.2) is 5.79 Å². The van der Waals surface area contributed by atoms with E-state index in [1.165, 1.54) is 18.4 Å². The molecule has 32 heavy (non-hydrogen) atoms. The molecule has 5 fully saturated rings. The highest BCUT2D eigenvalue weighted by molar-refractivity contribution is 5.27. The maximum atomic E-state index is 10.6. The van der Waals surface area contributed by atoms with Gasteiger partial charge in [0.1, 0.15) is 0 Å². The summed E-state index contributed by atoms with van der Waals surface area (Å²) in [7, 11) is 0. The van der Waals surface area contributed by atoms with Gasteiger partial charge in [0.05, 0.1) is 31.0 Å². The van der Waals surface area contributed by atoms with Gasteiger partial charge in [0.25, 0.3) is 0 Å². The fourth-order valence-electron chi connectivity index (χ4n) is 9.70. The largest absolute Gasteiger partial charge is 0.393 e. The van der Waals surface area contributed by atoms with Crippen LogP contribution in [0, 0.1) is 46.3 Å². The van der Waals surface area contributed by atoms with Crippen molar-refractivity contribution in [2.75, 3.05) is 6.61 Å². The van der Waals surface area contributed by atoms with Crippen LogP contribution < -0.4 is 0 Å². The lowest BCUT2D eigenvalue weighted by molar-refractivity contribution is -0.290. The van der Waals surface area contributed by atoms with Crippen LogP contribution in [0.25, 0.3) is 0 Å². The van der Waals surface area contributed by atoms with Gasteiger partial charge in [0, 0.05) is 18.3 Å². The van der Waals surface area contributed by atoms with Crippen molar-refractivity contribution in [1.29, 1.82) is 0 Å². The van der Waals surface area contributed by atoms with E-state index in [9.17, 15) is 15.3 Å². The molecule has 3 N–H and O–H groups in total. The van der Waals surface area contributed by atoms with Crippen LogP contribution in [0.15, 0.2) is 11.6 Å². The number of hydrogen-bond donors (Lipinski definition) is 3. The number of hydrogen-bond acceptors (Lipinski definition) is 5. The van der Waals surface area contributed by atoms with Crippen LogP contribution in [0.1, 0.15) is 72.6 Å². The van der Waals surface area contributed by atoms with E-state index in [1.54, 1.807) is 0 Å². The summed E-state index contributed by atoms with van der Waals surface area (Å²) in [5.74, 6) is 2.16. The number of rotatable bonds is 0.